The van der Waals surface area contributed by atoms with Crippen LogP contribution < -0.4 is 5.32 Å². The van der Waals surface area contributed by atoms with Gasteiger partial charge in [-0.1, -0.05) is 6.92 Å². The Bertz CT molecular complexity index is 432. The van der Waals surface area contributed by atoms with E-state index in [0.29, 0.717) is 0 Å². The van der Waals surface area contributed by atoms with Gasteiger partial charge in [0.15, 0.2) is 0 Å². The van der Waals surface area contributed by atoms with Crippen molar-refractivity contribution in [3.05, 3.63) is 22.4 Å². The fraction of sp³-hybridized carbons (Fsp3) is 0.643. The largest absolute Gasteiger partial charge is 0.320 e. The van der Waals surface area contributed by atoms with Gasteiger partial charge >= 0.3 is 0 Å². The van der Waals surface area contributed by atoms with Crippen molar-refractivity contribution in [1.29, 1.82) is 0 Å². The van der Waals surface area contributed by atoms with E-state index in [1.807, 2.05) is 25.9 Å². The van der Waals surface area contributed by atoms with Crippen molar-refractivity contribution < 1.29 is 4.79 Å². The molecule has 0 aliphatic carbocycles. The molecule has 4 nitrogen and oxygen atoms in total. The lowest BCUT2D eigenvalue weighted by molar-refractivity contribution is -0.133. The molecule has 2 rings (SSSR count). The molecule has 0 aromatic carbocycles. The average molecular weight is 281 g/mol. The van der Waals surface area contributed by atoms with Crippen LogP contribution in [0.2, 0.25) is 0 Å². The number of rotatable bonds is 5. The van der Waals surface area contributed by atoms with Gasteiger partial charge in [0.2, 0.25) is 5.91 Å². The lowest BCUT2D eigenvalue weighted by Gasteiger charge is -2.25. The molecule has 1 aliphatic rings. The first-order valence-corrected chi connectivity index (χ1v) is 7.68. The molecule has 19 heavy (non-hydrogen) atoms. The van der Waals surface area contributed by atoms with Crippen molar-refractivity contribution in [2.24, 2.45) is 0 Å². The number of carbonyl (C=O) groups excluding carboxylic acids is 1. The van der Waals surface area contributed by atoms with Gasteiger partial charge in [0.25, 0.3) is 0 Å². The Morgan fingerprint density at radius 2 is 2.26 bits per heavy atom. The molecule has 0 radical (unpaired) electrons. The number of thiophene rings is 1. The monoisotopic (exact) mass is 281 g/mol. The molecule has 0 spiro atoms. The highest BCUT2D eigenvalue weighted by Crippen LogP contribution is 2.33. The van der Waals surface area contributed by atoms with Crippen LogP contribution in [0.25, 0.3) is 0 Å². The van der Waals surface area contributed by atoms with E-state index in [1.165, 1.54) is 5.56 Å². The van der Waals surface area contributed by atoms with Crippen LogP contribution in [-0.4, -0.2) is 48.4 Å². The van der Waals surface area contributed by atoms with E-state index < -0.39 is 5.54 Å². The summed E-state index contributed by atoms with van der Waals surface area (Å²) in [4.78, 5) is 16.7. The molecule has 1 fully saturated rings. The summed E-state index contributed by atoms with van der Waals surface area (Å²) < 4.78 is 0. The fourth-order valence-corrected chi connectivity index (χ4v) is 3.04. The molecular formula is C14H23N3OS. The summed E-state index contributed by atoms with van der Waals surface area (Å²) in [6, 6.07) is 2.10. The Kier molecular flexibility index (Phi) is 4.28. The molecule has 0 bridgehead atoms. The summed E-state index contributed by atoms with van der Waals surface area (Å²) in [5.41, 5.74) is 0.758. The maximum atomic E-state index is 12.6. The van der Waals surface area contributed by atoms with Gasteiger partial charge in [0.05, 0.1) is 5.54 Å². The molecule has 1 aromatic heterocycles. The Morgan fingerprint density at radius 1 is 1.53 bits per heavy atom. The van der Waals surface area contributed by atoms with E-state index in [9.17, 15) is 4.79 Å². The Hall–Kier alpha value is -0.910. The first kappa shape index (κ1) is 14.5. The zero-order valence-electron chi connectivity index (χ0n) is 12.1. The normalized spacial score (nSPS) is 27.5. The maximum absolute atomic E-state index is 12.6. The van der Waals surface area contributed by atoms with E-state index >= 15 is 0 Å². The van der Waals surface area contributed by atoms with Crippen molar-refractivity contribution in [2.75, 3.05) is 27.2 Å². The topological polar surface area (TPSA) is 35.6 Å². The van der Waals surface area contributed by atoms with Gasteiger partial charge < -0.3 is 9.80 Å². The lowest BCUT2D eigenvalue weighted by Crippen LogP contribution is -2.43. The third kappa shape index (κ3) is 2.83. The molecule has 0 saturated carbocycles. The summed E-state index contributed by atoms with van der Waals surface area (Å²) in [5, 5.41) is 7.69. The maximum Gasteiger partial charge on any atom is 0.244 e. The highest BCUT2D eigenvalue weighted by molar-refractivity contribution is 7.07. The summed E-state index contributed by atoms with van der Waals surface area (Å²) in [6.07, 6.45) is 0.828. The quantitative estimate of drug-likeness (QED) is 0.895. The first-order chi connectivity index (χ1) is 8.98. The number of hydrogen-bond acceptors (Lipinski definition) is 4. The summed E-state index contributed by atoms with van der Waals surface area (Å²) in [7, 11) is 4.07. The van der Waals surface area contributed by atoms with Crippen molar-refractivity contribution in [1.82, 2.24) is 15.1 Å². The van der Waals surface area contributed by atoms with Crippen LogP contribution in [0.5, 0.6) is 0 Å². The minimum absolute atomic E-state index is 0.0173. The first-order valence-electron chi connectivity index (χ1n) is 6.73. The summed E-state index contributed by atoms with van der Waals surface area (Å²) in [5.74, 6) is 0.216. The molecule has 1 amide bonds. The number of carbonyl (C=O) groups is 1. The highest BCUT2D eigenvalue weighted by Gasteiger charge is 2.46. The number of amides is 1. The van der Waals surface area contributed by atoms with Crippen molar-refractivity contribution in [3.8, 4) is 0 Å². The van der Waals surface area contributed by atoms with Crippen LogP contribution in [0.4, 0.5) is 0 Å². The third-order valence-corrected chi connectivity index (χ3v) is 4.56. The minimum Gasteiger partial charge on any atom is -0.320 e. The summed E-state index contributed by atoms with van der Waals surface area (Å²) in [6.45, 7) is 5.71. The van der Waals surface area contributed by atoms with E-state index in [1.54, 1.807) is 11.3 Å². The van der Waals surface area contributed by atoms with Gasteiger partial charge in [-0.15, -0.1) is 0 Å². The lowest BCUT2D eigenvalue weighted by atomic mass is 9.99. The average Bonchev–Trinajstić information content (AvgIpc) is 2.96. The smallest absolute Gasteiger partial charge is 0.244 e. The third-order valence-electron chi connectivity index (χ3n) is 3.85. The zero-order chi connectivity index (χ0) is 14.0. The number of hydrogen-bond donors (Lipinski definition) is 1. The van der Waals surface area contributed by atoms with E-state index in [0.717, 1.165) is 19.5 Å². The second-order valence-electron chi connectivity index (χ2n) is 5.59. The number of nitrogens with one attached hydrogen (secondary N) is 1. The van der Waals surface area contributed by atoms with Gasteiger partial charge in [-0.05, 0) is 49.8 Å². The second kappa shape index (κ2) is 5.61. The van der Waals surface area contributed by atoms with Crippen LogP contribution in [0.3, 0.4) is 0 Å². The second-order valence-corrected chi connectivity index (χ2v) is 6.37. The molecule has 2 heterocycles. The molecule has 5 heteroatoms. The van der Waals surface area contributed by atoms with Crippen LogP contribution >= 0.6 is 11.3 Å². The molecule has 1 saturated heterocycles. The van der Waals surface area contributed by atoms with Gasteiger partial charge in [0, 0.05) is 13.1 Å². The fourth-order valence-electron chi connectivity index (χ4n) is 2.36. The Balaban J connectivity index is 2.21. The number of likely N-dealkylation sites (N-methyl/N-ethyl adjacent to an activating group) is 1. The molecular weight excluding hydrogens is 258 g/mol. The van der Waals surface area contributed by atoms with Crippen molar-refractivity contribution in [3.63, 3.8) is 0 Å². The van der Waals surface area contributed by atoms with Crippen molar-refractivity contribution >= 4 is 17.2 Å². The van der Waals surface area contributed by atoms with Gasteiger partial charge in [-0.2, -0.15) is 11.3 Å². The Labute approximate surface area is 119 Å². The van der Waals surface area contributed by atoms with E-state index in [4.69, 9.17) is 0 Å². The van der Waals surface area contributed by atoms with Crippen molar-refractivity contribution in [2.45, 2.75) is 32.0 Å². The SMILES string of the molecule is CCC1(C)NC(c2ccsc2)N(CCN(C)C)C1=O. The predicted molar refractivity (Wildman–Crippen MR) is 79.2 cm³/mol. The number of nitrogens with zero attached hydrogens (tertiary/aromatic N) is 2. The van der Waals surface area contributed by atoms with Crippen LogP contribution in [-0.2, 0) is 4.79 Å². The molecule has 1 aliphatic heterocycles. The van der Waals surface area contributed by atoms with Gasteiger partial charge in [-0.25, -0.2) is 0 Å². The highest BCUT2D eigenvalue weighted by atomic mass is 32.1. The Morgan fingerprint density at radius 3 is 2.79 bits per heavy atom. The van der Waals surface area contributed by atoms with Gasteiger partial charge in [-0.3, -0.25) is 10.1 Å². The van der Waals surface area contributed by atoms with E-state index in [-0.39, 0.29) is 12.1 Å². The van der Waals surface area contributed by atoms with Crippen LogP contribution in [0.15, 0.2) is 16.8 Å². The molecule has 1 aromatic rings. The molecule has 2 unspecified atom stereocenters. The zero-order valence-corrected chi connectivity index (χ0v) is 13.0. The van der Waals surface area contributed by atoms with Crippen LogP contribution in [0.1, 0.15) is 32.0 Å². The van der Waals surface area contributed by atoms with Gasteiger partial charge in [0.1, 0.15) is 6.17 Å². The molecule has 106 valence electrons. The minimum atomic E-state index is -0.432. The summed E-state index contributed by atoms with van der Waals surface area (Å²) >= 11 is 1.67. The molecule has 1 N–H and O–H groups in total. The molecule has 2 atom stereocenters. The van der Waals surface area contributed by atoms with Crippen LogP contribution in [0, 0.1) is 0 Å². The standard InChI is InChI=1S/C14H23N3OS/c1-5-14(2)13(18)17(8-7-16(3)4)12(15-14)11-6-9-19-10-11/h6,9-10,12,15H,5,7-8H2,1-4H3. The predicted octanol–water partition coefficient (Wildman–Crippen LogP) is 1.91. The van der Waals surface area contributed by atoms with E-state index in [2.05, 4.69) is 34.0 Å².